The van der Waals surface area contributed by atoms with E-state index in [1.807, 2.05) is 49.3 Å². The molecule has 0 aromatic heterocycles. The van der Waals surface area contributed by atoms with Crippen molar-refractivity contribution in [2.24, 2.45) is 4.40 Å². The van der Waals surface area contributed by atoms with Crippen molar-refractivity contribution in [3.8, 4) is 0 Å². The van der Waals surface area contributed by atoms with Crippen LogP contribution < -0.4 is 0 Å². The fourth-order valence-corrected chi connectivity index (χ4v) is 1.30. The molecule has 0 saturated heterocycles. The molecule has 0 amide bonds. The summed E-state index contributed by atoms with van der Waals surface area (Å²) in [5, 5.41) is 0. The van der Waals surface area contributed by atoms with E-state index >= 15 is 0 Å². The third-order valence-corrected chi connectivity index (χ3v) is 1.86. The van der Waals surface area contributed by atoms with E-state index in [0.717, 1.165) is 4.90 Å². The Morgan fingerprint density at radius 2 is 1.92 bits per heavy atom. The van der Waals surface area contributed by atoms with E-state index in [2.05, 4.69) is 4.40 Å². The summed E-state index contributed by atoms with van der Waals surface area (Å²) >= 11 is 1.48. The predicted octanol–water partition coefficient (Wildman–Crippen LogP) is 2.28. The fourth-order valence-electron chi connectivity index (χ4n) is 0.660. The van der Waals surface area contributed by atoms with Gasteiger partial charge in [-0.2, -0.15) is 0 Å². The molecule has 1 aromatic carbocycles. The van der Waals surface area contributed by atoms with E-state index in [1.165, 1.54) is 11.9 Å². The van der Waals surface area contributed by atoms with Crippen molar-refractivity contribution in [1.29, 1.82) is 0 Å². The molecular weight excluding hydrogens is 168 g/mol. The maximum Gasteiger partial charge on any atom is 0.0988 e. The van der Waals surface area contributed by atoms with Crippen molar-refractivity contribution in [3.63, 3.8) is 0 Å². The van der Waals surface area contributed by atoms with Crippen molar-refractivity contribution in [1.82, 2.24) is 4.90 Å². The Balaban J connectivity index is 2.43. The smallest absolute Gasteiger partial charge is 0.0988 e. The molecule has 0 aliphatic carbocycles. The van der Waals surface area contributed by atoms with Gasteiger partial charge in [-0.15, -0.1) is 0 Å². The van der Waals surface area contributed by atoms with Crippen molar-refractivity contribution < 1.29 is 0 Å². The second kappa shape index (κ2) is 4.83. The maximum absolute atomic E-state index is 4.16. The van der Waals surface area contributed by atoms with Gasteiger partial charge in [0.25, 0.3) is 0 Å². The molecule has 12 heavy (non-hydrogen) atoms. The van der Waals surface area contributed by atoms with Gasteiger partial charge in [-0.25, -0.2) is 4.40 Å². The lowest BCUT2D eigenvalue weighted by Gasteiger charge is -2.00. The van der Waals surface area contributed by atoms with Crippen molar-refractivity contribution in [2.45, 2.75) is 4.90 Å². The van der Waals surface area contributed by atoms with E-state index in [9.17, 15) is 0 Å². The summed E-state index contributed by atoms with van der Waals surface area (Å²) in [6.07, 6.45) is 1.79. The van der Waals surface area contributed by atoms with Crippen LogP contribution in [0.1, 0.15) is 0 Å². The SMILES string of the molecule is CN(C)/C=N/Sc1ccccc1. The highest BCUT2D eigenvalue weighted by atomic mass is 32.2. The topological polar surface area (TPSA) is 15.6 Å². The van der Waals surface area contributed by atoms with Gasteiger partial charge in [-0.3, -0.25) is 0 Å². The summed E-state index contributed by atoms with van der Waals surface area (Å²) in [5.41, 5.74) is 0. The molecule has 0 N–H and O–H groups in total. The Morgan fingerprint density at radius 3 is 2.50 bits per heavy atom. The average molecular weight is 180 g/mol. The van der Waals surface area contributed by atoms with Gasteiger partial charge in [0.2, 0.25) is 0 Å². The van der Waals surface area contributed by atoms with Crippen LogP contribution in [0.5, 0.6) is 0 Å². The van der Waals surface area contributed by atoms with Crippen LogP contribution in [0, 0.1) is 0 Å². The molecule has 64 valence electrons. The first kappa shape index (κ1) is 9.13. The Kier molecular flexibility index (Phi) is 3.67. The summed E-state index contributed by atoms with van der Waals surface area (Å²) in [7, 11) is 3.91. The monoisotopic (exact) mass is 180 g/mol. The lowest BCUT2D eigenvalue weighted by atomic mass is 10.4. The highest BCUT2D eigenvalue weighted by molar-refractivity contribution is 7.98. The number of nitrogens with zero attached hydrogens (tertiary/aromatic N) is 2. The Hall–Kier alpha value is -0.960. The summed E-state index contributed by atoms with van der Waals surface area (Å²) < 4.78 is 4.16. The molecule has 0 fully saturated rings. The van der Waals surface area contributed by atoms with E-state index in [4.69, 9.17) is 0 Å². The van der Waals surface area contributed by atoms with E-state index in [1.54, 1.807) is 6.34 Å². The summed E-state index contributed by atoms with van der Waals surface area (Å²) in [4.78, 5) is 3.08. The summed E-state index contributed by atoms with van der Waals surface area (Å²) in [5.74, 6) is 0. The standard InChI is InChI=1S/C9H12N2S/c1-11(2)8-10-12-9-6-4-3-5-7-9/h3-8H,1-2H3/b10-8+. The van der Waals surface area contributed by atoms with E-state index in [0.29, 0.717) is 0 Å². The highest BCUT2D eigenvalue weighted by Crippen LogP contribution is 2.16. The van der Waals surface area contributed by atoms with E-state index < -0.39 is 0 Å². The van der Waals surface area contributed by atoms with Crippen LogP contribution >= 0.6 is 11.9 Å². The molecule has 1 aromatic rings. The van der Waals surface area contributed by atoms with Crippen LogP contribution in [-0.4, -0.2) is 25.3 Å². The van der Waals surface area contributed by atoms with Gasteiger partial charge in [-0.05, 0) is 12.1 Å². The third-order valence-electron chi connectivity index (χ3n) is 1.18. The van der Waals surface area contributed by atoms with Crippen LogP contribution in [-0.2, 0) is 0 Å². The molecule has 0 unspecified atom stereocenters. The largest absolute Gasteiger partial charge is 0.368 e. The van der Waals surface area contributed by atoms with Crippen LogP contribution in [0.2, 0.25) is 0 Å². The summed E-state index contributed by atoms with van der Waals surface area (Å²) in [6.45, 7) is 0. The molecular formula is C9H12N2S. The molecule has 0 spiro atoms. The molecule has 2 nitrogen and oxygen atoms in total. The van der Waals surface area contributed by atoms with Crippen molar-refractivity contribution >= 4 is 18.3 Å². The second-order valence-corrected chi connectivity index (χ2v) is 3.45. The molecule has 0 aliphatic rings. The van der Waals surface area contributed by atoms with Gasteiger partial charge in [0, 0.05) is 30.9 Å². The lowest BCUT2D eigenvalue weighted by molar-refractivity contribution is 0.645. The average Bonchev–Trinajstić information content (AvgIpc) is 2.05. The van der Waals surface area contributed by atoms with Crippen molar-refractivity contribution in [2.75, 3.05) is 14.1 Å². The van der Waals surface area contributed by atoms with Gasteiger partial charge < -0.3 is 4.90 Å². The van der Waals surface area contributed by atoms with Gasteiger partial charge in [-0.1, -0.05) is 18.2 Å². The minimum atomic E-state index is 1.16. The van der Waals surface area contributed by atoms with Crippen LogP contribution in [0.25, 0.3) is 0 Å². The lowest BCUT2D eigenvalue weighted by Crippen LogP contribution is -2.06. The Bertz CT molecular complexity index is 244. The van der Waals surface area contributed by atoms with Gasteiger partial charge in [0.15, 0.2) is 0 Å². The number of rotatable bonds is 3. The minimum absolute atomic E-state index is 1.16. The zero-order chi connectivity index (χ0) is 8.81. The van der Waals surface area contributed by atoms with Gasteiger partial charge >= 0.3 is 0 Å². The number of hydrogen-bond acceptors (Lipinski definition) is 2. The Morgan fingerprint density at radius 1 is 1.25 bits per heavy atom. The number of benzene rings is 1. The zero-order valence-electron chi connectivity index (χ0n) is 7.27. The minimum Gasteiger partial charge on any atom is -0.368 e. The van der Waals surface area contributed by atoms with Crippen molar-refractivity contribution in [3.05, 3.63) is 30.3 Å². The molecule has 0 radical (unpaired) electrons. The van der Waals surface area contributed by atoms with E-state index in [-0.39, 0.29) is 0 Å². The number of hydrogen-bond donors (Lipinski definition) is 0. The zero-order valence-corrected chi connectivity index (χ0v) is 8.08. The van der Waals surface area contributed by atoms with Crippen LogP contribution in [0.4, 0.5) is 0 Å². The van der Waals surface area contributed by atoms with Gasteiger partial charge in [0.05, 0.1) is 6.34 Å². The third kappa shape index (κ3) is 3.44. The predicted molar refractivity (Wildman–Crippen MR) is 54.5 cm³/mol. The van der Waals surface area contributed by atoms with Gasteiger partial charge in [0.1, 0.15) is 0 Å². The first-order valence-electron chi connectivity index (χ1n) is 3.71. The molecule has 3 heteroatoms. The Labute approximate surface area is 77.4 Å². The fraction of sp³-hybridized carbons (Fsp3) is 0.222. The quantitative estimate of drug-likeness (QED) is 0.403. The first-order chi connectivity index (χ1) is 5.79. The molecule has 0 bridgehead atoms. The molecule has 0 saturated carbocycles. The molecule has 1 rings (SSSR count). The normalized spacial score (nSPS) is 10.5. The molecule has 0 heterocycles. The second-order valence-electron chi connectivity index (χ2n) is 2.59. The molecule has 0 atom stereocenters. The molecule has 0 aliphatic heterocycles. The van der Waals surface area contributed by atoms with Crippen LogP contribution in [0.3, 0.4) is 0 Å². The highest BCUT2D eigenvalue weighted by Gasteiger charge is 1.87. The maximum atomic E-state index is 4.16. The summed E-state index contributed by atoms with van der Waals surface area (Å²) in [6, 6.07) is 10.1. The first-order valence-corrected chi connectivity index (χ1v) is 4.48. The van der Waals surface area contributed by atoms with Crippen LogP contribution in [0.15, 0.2) is 39.6 Å².